The zero-order chi connectivity index (χ0) is 24.1. The minimum Gasteiger partial charge on any atom is -0.383 e. The first-order valence-electron chi connectivity index (χ1n) is 10.6. The quantitative estimate of drug-likeness (QED) is 0.341. The summed E-state index contributed by atoms with van der Waals surface area (Å²) in [5, 5.41) is 11.8. The molecule has 9 nitrogen and oxygen atoms in total. The van der Waals surface area contributed by atoms with Gasteiger partial charge >= 0.3 is 0 Å². The molecule has 0 aliphatic carbocycles. The number of carbonyl (C=O) groups excluding carboxylic acids is 1. The van der Waals surface area contributed by atoms with Gasteiger partial charge in [-0.05, 0) is 37.6 Å². The Balaban J connectivity index is 2.15. The van der Waals surface area contributed by atoms with Gasteiger partial charge in [-0.15, -0.1) is 0 Å². The Labute approximate surface area is 195 Å². The summed E-state index contributed by atoms with van der Waals surface area (Å²) in [5.74, 6) is 0.0142. The molecular formula is C23H25ClN4O5. The van der Waals surface area contributed by atoms with Crippen LogP contribution in [0.4, 0.5) is 5.69 Å². The molecule has 1 amide bonds. The zero-order valence-electron chi connectivity index (χ0n) is 18.7. The molecule has 0 radical (unpaired) electrons. The second-order valence-electron chi connectivity index (χ2n) is 7.38. The average Bonchev–Trinajstić information content (AvgIpc) is 2.81. The molecule has 0 saturated heterocycles. The molecule has 1 aromatic heterocycles. The van der Waals surface area contributed by atoms with Gasteiger partial charge in [-0.25, -0.2) is 4.98 Å². The third-order valence-electron chi connectivity index (χ3n) is 5.46. The lowest BCUT2D eigenvalue weighted by atomic mass is 10.1. The molecule has 0 N–H and O–H groups in total. The summed E-state index contributed by atoms with van der Waals surface area (Å²) in [6.45, 7) is 4.56. The van der Waals surface area contributed by atoms with Gasteiger partial charge in [0, 0.05) is 31.8 Å². The largest absolute Gasteiger partial charge is 0.383 e. The van der Waals surface area contributed by atoms with Gasteiger partial charge in [0.1, 0.15) is 10.8 Å². The molecule has 0 bridgehead atoms. The predicted molar refractivity (Wildman–Crippen MR) is 126 cm³/mol. The van der Waals surface area contributed by atoms with E-state index < -0.39 is 16.9 Å². The van der Waals surface area contributed by atoms with Gasteiger partial charge < -0.3 is 9.64 Å². The van der Waals surface area contributed by atoms with Crippen molar-refractivity contribution in [3.05, 3.63) is 79.3 Å². The number of methoxy groups -OCH3 is 1. The van der Waals surface area contributed by atoms with Gasteiger partial charge in [-0.3, -0.25) is 24.3 Å². The van der Waals surface area contributed by atoms with Gasteiger partial charge in [0.2, 0.25) is 0 Å². The predicted octanol–water partition coefficient (Wildman–Crippen LogP) is 4.22. The van der Waals surface area contributed by atoms with Gasteiger partial charge in [0.05, 0.1) is 28.5 Å². The lowest BCUT2D eigenvalue weighted by Crippen LogP contribution is -2.40. The van der Waals surface area contributed by atoms with Gasteiger partial charge in [-0.2, -0.15) is 0 Å². The molecule has 0 fully saturated rings. The van der Waals surface area contributed by atoms with Crippen LogP contribution in [0.5, 0.6) is 0 Å². The number of rotatable bonds is 9. The number of benzene rings is 2. The van der Waals surface area contributed by atoms with Crippen LogP contribution in [0.1, 0.15) is 42.5 Å². The van der Waals surface area contributed by atoms with Crippen molar-refractivity contribution in [2.75, 3.05) is 20.3 Å². The maximum Gasteiger partial charge on any atom is 0.288 e. The fourth-order valence-electron chi connectivity index (χ4n) is 3.83. The van der Waals surface area contributed by atoms with Crippen molar-refractivity contribution in [3.63, 3.8) is 0 Å². The van der Waals surface area contributed by atoms with Crippen LogP contribution < -0.4 is 5.56 Å². The summed E-state index contributed by atoms with van der Waals surface area (Å²) in [6.07, 6.45) is 0.468. The van der Waals surface area contributed by atoms with Crippen molar-refractivity contribution in [3.8, 4) is 0 Å². The van der Waals surface area contributed by atoms with Crippen molar-refractivity contribution in [2.45, 2.75) is 32.9 Å². The molecule has 1 heterocycles. The number of ether oxygens (including phenoxy) is 1. The highest BCUT2D eigenvalue weighted by molar-refractivity contribution is 6.32. The van der Waals surface area contributed by atoms with Crippen LogP contribution in [0.25, 0.3) is 10.9 Å². The zero-order valence-corrected chi connectivity index (χ0v) is 19.4. The number of nitrogens with zero attached hydrogens (tertiary/aromatic N) is 4. The summed E-state index contributed by atoms with van der Waals surface area (Å²) < 4.78 is 6.77. The van der Waals surface area contributed by atoms with E-state index in [1.54, 1.807) is 33.7 Å². The van der Waals surface area contributed by atoms with Crippen molar-refractivity contribution in [1.29, 1.82) is 0 Å². The summed E-state index contributed by atoms with van der Waals surface area (Å²) in [5.41, 5.74) is 0.128. The number of fused-ring (bicyclic) bond motifs is 1. The first kappa shape index (κ1) is 24.3. The molecule has 1 unspecified atom stereocenters. The van der Waals surface area contributed by atoms with E-state index in [1.165, 1.54) is 19.2 Å². The fraction of sp³-hybridized carbons (Fsp3) is 0.348. The molecule has 10 heteroatoms. The first-order chi connectivity index (χ1) is 15.8. The van der Waals surface area contributed by atoms with Crippen molar-refractivity contribution >= 4 is 34.1 Å². The van der Waals surface area contributed by atoms with Crippen LogP contribution >= 0.6 is 11.6 Å². The van der Waals surface area contributed by atoms with Gasteiger partial charge in [0.15, 0.2) is 0 Å². The number of amides is 1. The number of para-hydroxylation sites is 1. The Hall–Kier alpha value is -3.30. The Kier molecular flexibility index (Phi) is 7.78. The second-order valence-corrected chi connectivity index (χ2v) is 7.78. The monoisotopic (exact) mass is 472 g/mol. The van der Waals surface area contributed by atoms with Gasteiger partial charge in [-0.1, -0.05) is 30.7 Å². The molecule has 0 aliphatic heterocycles. The number of hydrogen-bond donors (Lipinski definition) is 0. The highest BCUT2D eigenvalue weighted by Crippen LogP contribution is 2.29. The molecule has 174 valence electrons. The molecule has 0 saturated carbocycles. The summed E-state index contributed by atoms with van der Waals surface area (Å²) >= 11 is 5.92. The van der Waals surface area contributed by atoms with Gasteiger partial charge in [0.25, 0.3) is 17.2 Å². The maximum absolute atomic E-state index is 13.5. The van der Waals surface area contributed by atoms with Crippen LogP contribution in [0.15, 0.2) is 47.3 Å². The molecule has 0 spiro atoms. The number of aromatic nitrogens is 2. The number of nitro groups is 1. The molecule has 3 rings (SSSR count). The van der Waals surface area contributed by atoms with Crippen molar-refractivity contribution in [1.82, 2.24) is 14.5 Å². The molecule has 33 heavy (non-hydrogen) atoms. The van der Waals surface area contributed by atoms with E-state index in [9.17, 15) is 19.7 Å². The minimum atomic E-state index is -0.629. The van der Waals surface area contributed by atoms with E-state index in [1.807, 2.05) is 13.8 Å². The number of carbonyl (C=O) groups is 1. The highest BCUT2D eigenvalue weighted by atomic mass is 35.5. The van der Waals surface area contributed by atoms with Crippen LogP contribution in [-0.2, 0) is 11.3 Å². The summed E-state index contributed by atoms with van der Waals surface area (Å²) in [4.78, 5) is 43.7. The Morgan fingerprint density at radius 2 is 2.00 bits per heavy atom. The molecule has 2 aromatic carbocycles. The van der Waals surface area contributed by atoms with Crippen molar-refractivity contribution in [2.24, 2.45) is 0 Å². The van der Waals surface area contributed by atoms with Crippen LogP contribution in [0.3, 0.4) is 0 Å². The highest BCUT2D eigenvalue weighted by Gasteiger charge is 2.30. The Morgan fingerprint density at radius 3 is 2.64 bits per heavy atom. The maximum atomic E-state index is 13.5. The van der Waals surface area contributed by atoms with E-state index in [-0.39, 0.29) is 35.0 Å². The smallest absolute Gasteiger partial charge is 0.288 e. The molecular weight excluding hydrogens is 448 g/mol. The Morgan fingerprint density at radius 1 is 1.27 bits per heavy atom. The van der Waals surface area contributed by atoms with E-state index in [0.29, 0.717) is 29.7 Å². The number of hydrogen-bond acceptors (Lipinski definition) is 6. The SMILES string of the molecule is CCC(c1nc2ccccc2c(=O)n1CC)N(CCOC)C(=O)c1ccc(Cl)c([N+](=O)[O-])c1. The summed E-state index contributed by atoms with van der Waals surface area (Å²) in [7, 11) is 1.52. The second kappa shape index (κ2) is 10.5. The minimum absolute atomic E-state index is 0.0527. The third-order valence-corrected chi connectivity index (χ3v) is 5.77. The topological polar surface area (TPSA) is 108 Å². The first-order valence-corrected chi connectivity index (χ1v) is 10.9. The van der Waals surface area contributed by atoms with Crippen LogP contribution in [-0.4, -0.2) is 45.5 Å². The third kappa shape index (κ3) is 4.89. The standard InChI is InChI=1S/C23H25ClN4O5/c1-4-19(21-25-18-9-7-6-8-16(18)23(30)26(21)5-2)27(12-13-33-3)22(29)15-10-11-17(24)20(14-15)28(31)32/h6-11,14,19H,4-5,12-13H2,1-3H3. The fourth-order valence-corrected chi connectivity index (χ4v) is 4.01. The summed E-state index contributed by atoms with van der Waals surface area (Å²) in [6, 6.07) is 10.5. The molecule has 0 aliphatic rings. The average molecular weight is 473 g/mol. The number of halogens is 1. The van der Waals surface area contributed by atoms with Crippen LogP contribution in [0, 0.1) is 10.1 Å². The van der Waals surface area contributed by atoms with E-state index in [4.69, 9.17) is 21.3 Å². The van der Waals surface area contributed by atoms with E-state index in [2.05, 4.69) is 0 Å². The number of nitro benzene ring substituents is 1. The lowest BCUT2D eigenvalue weighted by Gasteiger charge is -2.32. The van der Waals surface area contributed by atoms with Crippen molar-refractivity contribution < 1.29 is 14.5 Å². The normalized spacial score (nSPS) is 12.0. The molecule has 1 atom stereocenters. The van der Waals surface area contributed by atoms with E-state index >= 15 is 0 Å². The lowest BCUT2D eigenvalue weighted by molar-refractivity contribution is -0.384. The van der Waals surface area contributed by atoms with Crippen LogP contribution in [0.2, 0.25) is 5.02 Å². The molecule has 3 aromatic rings. The van der Waals surface area contributed by atoms with E-state index in [0.717, 1.165) is 6.07 Å². The Bertz CT molecular complexity index is 1240.